The van der Waals surface area contributed by atoms with Gasteiger partial charge in [-0.15, -0.1) is 0 Å². The maximum absolute atomic E-state index is 11.4. The summed E-state index contributed by atoms with van der Waals surface area (Å²) in [6, 6.07) is 3.53. The number of rotatable bonds is 2. The number of hydroxylamine groups is 2. The number of hydrogen-bond donors (Lipinski definition) is 3. The van der Waals surface area contributed by atoms with Crippen LogP contribution in [0.25, 0.3) is 0 Å². The van der Waals surface area contributed by atoms with Crippen molar-refractivity contribution in [2.75, 3.05) is 6.54 Å². The molecule has 0 atom stereocenters. The van der Waals surface area contributed by atoms with Gasteiger partial charge in [-0.3, -0.25) is 10.0 Å². The SMILES string of the molecule is CCN(O)C(=O)c1cc(O)ccc1O. The molecule has 0 bridgehead atoms. The second-order valence-electron chi connectivity index (χ2n) is 2.72. The highest BCUT2D eigenvalue weighted by molar-refractivity contribution is 5.96. The fraction of sp³-hybridized carbons (Fsp3) is 0.222. The lowest BCUT2D eigenvalue weighted by atomic mass is 10.2. The van der Waals surface area contributed by atoms with Gasteiger partial charge in [0.2, 0.25) is 0 Å². The molecule has 1 amide bonds. The summed E-state index contributed by atoms with van der Waals surface area (Å²) in [5.41, 5.74) is -0.130. The first-order chi connectivity index (χ1) is 6.56. The summed E-state index contributed by atoms with van der Waals surface area (Å²) in [6.07, 6.45) is 0. The van der Waals surface area contributed by atoms with E-state index in [2.05, 4.69) is 0 Å². The summed E-state index contributed by atoms with van der Waals surface area (Å²) in [7, 11) is 0. The van der Waals surface area contributed by atoms with Gasteiger partial charge in [0.05, 0.1) is 5.56 Å². The number of benzene rings is 1. The van der Waals surface area contributed by atoms with Gasteiger partial charge in [0.1, 0.15) is 11.5 Å². The van der Waals surface area contributed by atoms with E-state index in [0.717, 1.165) is 6.07 Å². The van der Waals surface area contributed by atoms with Gasteiger partial charge in [0, 0.05) is 6.54 Å². The van der Waals surface area contributed by atoms with E-state index in [0.29, 0.717) is 5.06 Å². The fourth-order valence-electron chi connectivity index (χ4n) is 0.978. The van der Waals surface area contributed by atoms with Crippen molar-refractivity contribution < 1.29 is 20.2 Å². The number of phenols is 2. The Hall–Kier alpha value is -1.75. The molecule has 0 aliphatic heterocycles. The molecule has 76 valence electrons. The van der Waals surface area contributed by atoms with Crippen LogP contribution in [0.1, 0.15) is 17.3 Å². The summed E-state index contributed by atoms with van der Waals surface area (Å²) in [6.45, 7) is 1.69. The number of hydrogen-bond acceptors (Lipinski definition) is 4. The highest BCUT2D eigenvalue weighted by atomic mass is 16.5. The van der Waals surface area contributed by atoms with Gasteiger partial charge in [-0.25, -0.2) is 5.06 Å². The molecule has 1 rings (SSSR count). The van der Waals surface area contributed by atoms with E-state index in [1.165, 1.54) is 12.1 Å². The second-order valence-corrected chi connectivity index (χ2v) is 2.72. The molecular formula is C9H11NO4. The molecule has 0 fully saturated rings. The number of nitrogens with zero attached hydrogens (tertiary/aromatic N) is 1. The van der Waals surface area contributed by atoms with Crippen molar-refractivity contribution in [3.8, 4) is 11.5 Å². The molecule has 0 aliphatic rings. The van der Waals surface area contributed by atoms with Crippen LogP contribution in [-0.4, -0.2) is 32.9 Å². The minimum Gasteiger partial charge on any atom is -0.508 e. The Balaban J connectivity index is 3.06. The lowest BCUT2D eigenvalue weighted by molar-refractivity contribution is -0.0543. The first-order valence-electron chi connectivity index (χ1n) is 4.09. The largest absolute Gasteiger partial charge is 0.508 e. The zero-order chi connectivity index (χ0) is 10.7. The minimum atomic E-state index is -0.749. The monoisotopic (exact) mass is 197 g/mol. The predicted molar refractivity (Wildman–Crippen MR) is 48.3 cm³/mol. The molecule has 0 spiro atoms. The molecule has 1 aromatic rings. The standard InChI is InChI=1S/C9H11NO4/c1-2-10(14)9(13)7-5-6(11)3-4-8(7)12/h3-5,11-12,14H,2H2,1H3. The van der Waals surface area contributed by atoms with Crippen molar-refractivity contribution in [1.82, 2.24) is 5.06 Å². The van der Waals surface area contributed by atoms with Gasteiger partial charge in [0.15, 0.2) is 0 Å². The van der Waals surface area contributed by atoms with Crippen LogP contribution in [0.4, 0.5) is 0 Å². The van der Waals surface area contributed by atoms with Crippen LogP contribution >= 0.6 is 0 Å². The van der Waals surface area contributed by atoms with E-state index in [1.54, 1.807) is 6.92 Å². The van der Waals surface area contributed by atoms with Crippen LogP contribution in [-0.2, 0) is 0 Å². The zero-order valence-corrected chi connectivity index (χ0v) is 7.64. The van der Waals surface area contributed by atoms with Gasteiger partial charge >= 0.3 is 0 Å². The van der Waals surface area contributed by atoms with Gasteiger partial charge in [-0.05, 0) is 25.1 Å². The Labute approximate surface area is 80.8 Å². The van der Waals surface area contributed by atoms with Crippen LogP contribution in [0.15, 0.2) is 18.2 Å². The molecule has 5 nitrogen and oxygen atoms in total. The Kier molecular flexibility index (Phi) is 2.93. The Morgan fingerprint density at radius 1 is 1.43 bits per heavy atom. The summed E-state index contributed by atoms with van der Waals surface area (Å²) < 4.78 is 0. The second kappa shape index (κ2) is 3.97. The summed E-state index contributed by atoms with van der Waals surface area (Å²) >= 11 is 0. The average molecular weight is 197 g/mol. The molecule has 0 unspecified atom stereocenters. The van der Waals surface area contributed by atoms with E-state index in [1.807, 2.05) is 0 Å². The molecule has 1 aromatic carbocycles. The Morgan fingerprint density at radius 3 is 2.64 bits per heavy atom. The van der Waals surface area contributed by atoms with E-state index < -0.39 is 5.91 Å². The number of amides is 1. The van der Waals surface area contributed by atoms with E-state index in [-0.39, 0.29) is 23.6 Å². The van der Waals surface area contributed by atoms with Crippen LogP contribution in [0, 0.1) is 0 Å². The molecule has 0 aliphatic carbocycles. The van der Waals surface area contributed by atoms with Crippen LogP contribution in [0.2, 0.25) is 0 Å². The first kappa shape index (κ1) is 10.3. The number of carbonyl (C=O) groups is 1. The van der Waals surface area contributed by atoms with Crippen LogP contribution in [0.5, 0.6) is 11.5 Å². The number of carbonyl (C=O) groups excluding carboxylic acids is 1. The molecule has 5 heteroatoms. The lowest BCUT2D eigenvalue weighted by Crippen LogP contribution is -2.26. The molecule has 0 heterocycles. The Bertz CT molecular complexity index is 351. The molecular weight excluding hydrogens is 186 g/mol. The molecule has 14 heavy (non-hydrogen) atoms. The third-order valence-corrected chi connectivity index (χ3v) is 1.74. The van der Waals surface area contributed by atoms with Gasteiger partial charge < -0.3 is 10.2 Å². The molecule has 0 saturated carbocycles. The fourth-order valence-corrected chi connectivity index (χ4v) is 0.978. The maximum atomic E-state index is 11.4. The van der Waals surface area contributed by atoms with Crippen molar-refractivity contribution in [1.29, 1.82) is 0 Å². The Morgan fingerprint density at radius 2 is 2.07 bits per heavy atom. The number of aromatic hydroxyl groups is 2. The smallest absolute Gasteiger partial charge is 0.281 e. The zero-order valence-electron chi connectivity index (χ0n) is 7.64. The quantitative estimate of drug-likeness (QED) is 0.374. The molecule has 0 saturated heterocycles. The highest BCUT2D eigenvalue weighted by Gasteiger charge is 2.16. The summed E-state index contributed by atoms with van der Waals surface area (Å²) in [4.78, 5) is 11.4. The van der Waals surface area contributed by atoms with Gasteiger partial charge in [0.25, 0.3) is 5.91 Å². The van der Waals surface area contributed by atoms with Crippen molar-refractivity contribution in [2.24, 2.45) is 0 Å². The average Bonchev–Trinajstić information content (AvgIpc) is 2.19. The van der Waals surface area contributed by atoms with E-state index >= 15 is 0 Å². The lowest BCUT2D eigenvalue weighted by Gasteiger charge is -2.12. The van der Waals surface area contributed by atoms with E-state index in [9.17, 15) is 9.90 Å². The van der Waals surface area contributed by atoms with Crippen LogP contribution in [0.3, 0.4) is 0 Å². The van der Waals surface area contributed by atoms with Crippen molar-refractivity contribution in [2.45, 2.75) is 6.92 Å². The van der Waals surface area contributed by atoms with Crippen molar-refractivity contribution in [3.63, 3.8) is 0 Å². The van der Waals surface area contributed by atoms with Gasteiger partial charge in [-0.1, -0.05) is 0 Å². The normalized spacial score (nSPS) is 9.86. The predicted octanol–water partition coefficient (Wildman–Crippen LogP) is 0.949. The molecule has 0 radical (unpaired) electrons. The highest BCUT2D eigenvalue weighted by Crippen LogP contribution is 2.22. The minimum absolute atomic E-state index is 0.105. The third kappa shape index (κ3) is 1.94. The summed E-state index contributed by atoms with van der Waals surface area (Å²) in [5, 5.41) is 27.9. The first-order valence-corrected chi connectivity index (χ1v) is 4.09. The topological polar surface area (TPSA) is 81.0 Å². The third-order valence-electron chi connectivity index (χ3n) is 1.74. The number of phenolic OH excluding ortho intramolecular Hbond substituents is 2. The van der Waals surface area contributed by atoms with Crippen LogP contribution < -0.4 is 0 Å². The van der Waals surface area contributed by atoms with Crippen molar-refractivity contribution in [3.05, 3.63) is 23.8 Å². The maximum Gasteiger partial charge on any atom is 0.281 e. The molecule has 3 N–H and O–H groups in total. The van der Waals surface area contributed by atoms with Gasteiger partial charge in [-0.2, -0.15) is 0 Å². The van der Waals surface area contributed by atoms with Crippen molar-refractivity contribution >= 4 is 5.91 Å². The van der Waals surface area contributed by atoms with E-state index in [4.69, 9.17) is 10.3 Å². The molecule has 0 aromatic heterocycles. The summed E-state index contributed by atoms with van der Waals surface area (Å²) in [5.74, 6) is -1.17.